The number of hydrogen-bond acceptors (Lipinski definition) is 8. The van der Waals surface area contributed by atoms with Crippen LogP contribution < -0.4 is 5.32 Å². The molecule has 0 fully saturated rings. The summed E-state index contributed by atoms with van der Waals surface area (Å²) in [6.45, 7) is 3.09. The van der Waals surface area contributed by atoms with Crippen LogP contribution in [0.4, 0.5) is 10.7 Å². The number of ether oxygens (including phenoxy) is 2. The van der Waals surface area contributed by atoms with E-state index in [1.807, 2.05) is 31.2 Å². The van der Waals surface area contributed by atoms with Crippen molar-refractivity contribution in [3.05, 3.63) is 80.7 Å². The Kier molecular flexibility index (Phi) is 7.52. The highest BCUT2D eigenvalue weighted by Gasteiger charge is 2.24. The summed E-state index contributed by atoms with van der Waals surface area (Å²) in [6.07, 6.45) is 0. The molecule has 1 N–H and O–H groups in total. The lowest BCUT2D eigenvalue weighted by Crippen LogP contribution is -2.22. The number of nitro benzene ring substituents is 1. The van der Waals surface area contributed by atoms with Crippen LogP contribution in [-0.2, 0) is 14.3 Å². The highest BCUT2D eigenvalue weighted by atomic mass is 32.1. The topological polar surface area (TPSA) is 125 Å². The molecular formula is C23H20N2O7S. The third kappa shape index (κ3) is 5.60. The SMILES string of the molecule is CCOC(=O)c1c(-c2ccc(C)cc2)csc1NC(=O)COC(=O)c1ccccc1[N+](=O)[O-]. The van der Waals surface area contributed by atoms with E-state index in [2.05, 4.69) is 5.32 Å². The number of anilines is 1. The third-order valence-electron chi connectivity index (χ3n) is 4.54. The van der Waals surface area contributed by atoms with E-state index < -0.39 is 35.1 Å². The van der Waals surface area contributed by atoms with Crippen molar-refractivity contribution in [3.63, 3.8) is 0 Å². The molecule has 0 aliphatic rings. The molecule has 2 aromatic carbocycles. The average Bonchev–Trinajstić information content (AvgIpc) is 3.21. The Morgan fingerprint density at radius 1 is 1.03 bits per heavy atom. The predicted octanol–water partition coefficient (Wildman–Crippen LogP) is 4.60. The van der Waals surface area contributed by atoms with Crippen molar-refractivity contribution in [2.75, 3.05) is 18.5 Å². The van der Waals surface area contributed by atoms with Gasteiger partial charge in [0.25, 0.3) is 11.6 Å². The van der Waals surface area contributed by atoms with Crippen LogP contribution in [0.25, 0.3) is 11.1 Å². The van der Waals surface area contributed by atoms with Gasteiger partial charge in [-0.05, 0) is 25.5 Å². The van der Waals surface area contributed by atoms with E-state index in [0.29, 0.717) is 5.56 Å². The van der Waals surface area contributed by atoms with E-state index in [4.69, 9.17) is 9.47 Å². The Morgan fingerprint density at radius 3 is 2.39 bits per heavy atom. The quantitative estimate of drug-likeness (QED) is 0.291. The van der Waals surface area contributed by atoms with Gasteiger partial charge in [0.2, 0.25) is 0 Å². The lowest BCUT2D eigenvalue weighted by molar-refractivity contribution is -0.385. The Morgan fingerprint density at radius 2 is 1.73 bits per heavy atom. The highest BCUT2D eigenvalue weighted by Crippen LogP contribution is 2.36. The van der Waals surface area contributed by atoms with Crippen LogP contribution >= 0.6 is 11.3 Å². The number of carbonyl (C=O) groups is 3. The third-order valence-corrected chi connectivity index (χ3v) is 5.44. The minimum atomic E-state index is -1.01. The van der Waals surface area contributed by atoms with E-state index in [1.165, 1.54) is 24.3 Å². The summed E-state index contributed by atoms with van der Waals surface area (Å²) < 4.78 is 10.1. The van der Waals surface area contributed by atoms with Crippen molar-refractivity contribution >= 4 is 39.9 Å². The Balaban J connectivity index is 1.77. The maximum Gasteiger partial charge on any atom is 0.345 e. The normalized spacial score (nSPS) is 10.4. The fraction of sp³-hybridized carbons (Fsp3) is 0.174. The monoisotopic (exact) mass is 468 g/mol. The molecule has 0 saturated carbocycles. The van der Waals surface area contributed by atoms with E-state index in [1.54, 1.807) is 12.3 Å². The summed E-state index contributed by atoms with van der Waals surface area (Å²) >= 11 is 1.13. The summed E-state index contributed by atoms with van der Waals surface area (Å²) in [6, 6.07) is 12.8. The molecule has 0 atom stereocenters. The first-order chi connectivity index (χ1) is 15.8. The number of hydrogen-bond donors (Lipinski definition) is 1. The first-order valence-electron chi connectivity index (χ1n) is 9.87. The zero-order valence-electron chi connectivity index (χ0n) is 17.8. The van der Waals surface area contributed by atoms with Crippen LogP contribution in [-0.4, -0.2) is 36.0 Å². The van der Waals surface area contributed by atoms with Crippen molar-refractivity contribution in [3.8, 4) is 11.1 Å². The van der Waals surface area contributed by atoms with Gasteiger partial charge in [-0.15, -0.1) is 11.3 Å². The molecule has 3 rings (SSSR count). The fourth-order valence-corrected chi connectivity index (χ4v) is 3.95. The number of carbonyl (C=O) groups excluding carboxylic acids is 3. The molecule has 1 heterocycles. The number of thiophene rings is 1. The summed E-state index contributed by atoms with van der Waals surface area (Å²) in [4.78, 5) is 47.6. The van der Waals surface area contributed by atoms with Crippen LogP contribution in [0.3, 0.4) is 0 Å². The van der Waals surface area contributed by atoms with Gasteiger partial charge in [0, 0.05) is 17.0 Å². The average molecular weight is 468 g/mol. The minimum Gasteiger partial charge on any atom is -0.462 e. The second-order valence-corrected chi connectivity index (χ2v) is 7.72. The minimum absolute atomic E-state index is 0.156. The number of esters is 2. The van der Waals surface area contributed by atoms with E-state index in [9.17, 15) is 24.5 Å². The molecule has 0 spiro atoms. The van der Waals surface area contributed by atoms with Gasteiger partial charge >= 0.3 is 11.9 Å². The van der Waals surface area contributed by atoms with Gasteiger partial charge in [-0.3, -0.25) is 14.9 Å². The molecule has 9 nitrogen and oxygen atoms in total. The van der Waals surface area contributed by atoms with Crippen LogP contribution in [0.1, 0.15) is 33.2 Å². The summed E-state index contributed by atoms with van der Waals surface area (Å²) in [7, 11) is 0. The van der Waals surface area contributed by atoms with Gasteiger partial charge in [0.05, 0.1) is 11.5 Å². The zero-order valence-corrected chi connectivity index (χ0v) is 18.6. The van der Waals surface area contributed by atoms with Gasteiger partial charge in [0.1, 0.15) is 16.1 Å². The van der Waals surface area contributed by atoms with Gasteiger partial charge < -0.3 is 14.8 Å². The second-order valence-electron chi connectivity index (χ2n) is 6.84. The van der Waals surface area contributed by atoms with E-state index in [-0.39, 0.29) is 22.7 Å². The van der Waals surface area contributed by atoms with Gasteiger partial charge in [-0.1, -0.05) is 42.0 Å². The molecule has 1 amide bonds. The fourth-order valence-electron chi connectivity index (χ4n) is 2.98. The largest absolute Gasteiger partial charge is 0.462 e. The lowest BCUT2D eigenvalue weighted by atomic mass is 10.0. The molecule has 10 heteroatoms. The van der Waals surface area contributed by atoms with Gasteiger partial charge in [-0.25, -0.2) is 9.59 Å². The van der Waals surface area contributed by atoms with Gasteiger partial charge in [0.15, 0.2) is 6.61 Å². The van der Waals surface area contributed by atoms with Crippen molar-refractivity contribution in [2.45, 2.75) is 13.8 Å². The van der Waals surface area contributed by atoms with Crippen molar-refractivity contribution in [1.82, 2.24) is 0 Å². The van der Waals surface area contributed by atoms with E-state index >= 15 is 0 Å². The molecule has 0 bridgehead atoms. The summed E-state index contributed by atoms with van der Waals surface area (Å²) in [5.41, 5.74) is 1.95. The Bertz CT molecular complexity index is 1200. The summed E-state index contributed by atoms with van der Waals surface area (Å²) in [5, 5.41) is 15.6. The van der Waals surface area contributed by atoms with Crippen LogP contribution in [0.15, 0.2) is 53.9 Å². The number of rotatable bonds is 8. The smallest absolute Gasteiger partial charge is 0.345 e. The van der Waals surface area contributed by atoms with Crippen molar-refractivity contribution in [2.24, 2.45) is 0 Å². The molecule has 170 valence electrons. The van der Waals surface area contributed by atoms with Crippen LogP contribution in [0.2, 0.25) is 0 Å². The van der Waals surface area contributed by atoms with Gasteiger partial charge in [-0.2, -0.15) is 0 Å². The molecule has 0 unspecified atom stereocenters. The molecule has 0 radical (unpaired) electrons. The number of para-hydroxylation sites is 1. The number of benzene rings is 2. The Hall–Kier alpha value is -4.05. The molecule has 0 aliphatic carbocycles. The molecule has 1 aromatic heterocycles. The van der Waals surface area contributed by atoms with Crippen LogP contribution in [0.5, 0.6) is 0 Å². The summed E-state index contributed by atoms with van der Waals surface area (Å²) in [5.74, 6) is -2.30. The number of amides is 1. The number of nitrogens with zero attached hydrogens (tertiary/aromatic N) is 1. The number of nitro groups is 1. The van der Waals surface area contributed by atoms with Crippen LogP contribution in [0, 0.1) is 17.0 Å². The number of aryl methyl sites for hydroxylation is 1. The zero-order chi connectivity index (χ0) is 24.0. The van der Waals surface area contributed by atoms with Crippen molar-refractivity contribution < 1.29 is 28.8 Å². The first-order valence-corrected chi connectivity index (χ1v) is 10.8. The standard InChI is InChI=1S/C23H20N2O7S/c1-3-31-23(28)20-17(15-10-8-14(2)9-11-15)13-33-21(20)24-19(26)12-32-22(27)16-6-4-5-7-18(16)25(29)30/h4-11,13H,3,12H2,1-2H3,(H,24,26). The highest BCUT2D eigenvalue weighted by molar-refractivity contribution is 7.15. The first kappa shape index (κ1) is 23.6. The molecule has 33 heavy (non-hydrogen) atoms. The Labute approximate surface area is 193 Å². The maximum atomic E-state index is 12.6. The molecule has 0 aliphatic heterocycles. The maximum absolute atomic E-state index is 12.6. The number of nitrogens with one attached hydrogen (secondary N) is 1. The second kappa shape index (κ2) is 10.5. The molecule has 0 saturated heterocycles. The molecular weight excluding hydrogens is 448 g/mol. The van der Waals surface area contributed by atoms with E-state index in [0.717, 1.165) is 22.5 Å². The molecule has 3 aromatic rings. The van der Waals surface area contributed by atoms with Crippen molar-refractivity contribution in [1.29, 1.82) is 0 Å². The predicted molar refractivity (Wildman–Crippen MR) is 122 cm³/mol. The lowest BCUT2D eigenvalue weighted by Gasteiger charge is -2.09.